The lowest BCUT2D eigenvalue weighted by Crippen LogP contribution is -2.08. The molecule has 0 bridgehead atoms. The minimum Gasteiger partial charge on any atom is -0.494 e. The van der Waals surface area contributed by atoms with Crippen LogP contribution < -0.4 is 16.1 Å². The van der Waals surface area contributed by atoms with Gasteiger partial charge in [-0.25, -0.2) is 9.79 Å². The van der Waals surface area contributed by atoms with Gasteiger partial charge >= 0.3 is 5.63 Å². The van der Waals surface area contributed by atoms with Crippen LogP contribution in [-0.2, 0) is 5.75 Å². The summed E-state index contributed by atoms with van der Waals surface area (Å²) in [6.45, 7) is 3.95. The van der Waals surface area contributed by atoms with Crippen molar-refractivity contribution < 1.29 is 9.15 Å². The van der Waals surface area contributed by atoms with Crippen molar-refractivity contribution >= 4 is 33.6 Å². The first-order chi connectivity index (χ1) is 12.5. The quantitative estimate of drug-likeness (QED) is 0.422. The number of aliphatic imine (C=N–C) groups is 1. The molecule has 0 fully saturated rings. The van der Waals surface area contributed by atoms with Gasteiger partial charge in [0.15, 0.2) is 5.17 Å². The van der Waals surface area contributed by atoms with Crippen molar-refractivity contribution in [1.82, 2.24) is 0 Å². The third-order valence-electron chi connectivity index (χ3n) is 4.21. The largest absolute Gasteiger partial charge is 0.494 e. The Morgan fingerprint density at radius 2 is 2.00 bits per heavy atom. The molecule has 0 saturated carbocycles. The molecule has 134 valence electrons. The van der Waals surface area contributed by atoms with Crippen molar-refractivity contribution in [2.75, 3.05) is 7.11 Å². The maximum atomic E-state index is 11.9. The normalized spacial score (nSPS) is 11.7. The summed E-state index contributed by atoms with van der Waals surface area (Å²) in [4.78, 5) is 16.3. The lowest BCUT2D eigenvalue weighted by Gasteiger charge is -2.09. The van der Waals surface area contributed by atoms with Crippen molar-refractivity contribution in [3.63, 3.8) is 0 Å². The molecule has 0 aliphatic carbocycles. The first-order valence-electron chi connectivity index (χ1n) is 8.12. The van der Waals surface area contributed by atoms with Crippen LogP contribution in [0.25, 0.3) is 11.0 Å². The molecular weight excluding hydrogens is 348 g/mol. The summed E-state index contributed by atoms with van der Waals surface area (Å²) >= 11 is 1.37. The Hall–Kier alpha value is -2.73. The molecule has 0 unspecified atom stereocenters. The van der Waals surface area contributed by atoms with Gasteiger partial charge in [-0.15, -0.1) is 0 Å². The molecular formula is C20H20N2O3S. The number of rotatable bonds is 4. The number of methoxy groups -OCH3 is 1. The Morgan fingerprint density at radius 3 is 2.77 bits per heavy atom. The topological polar surface area (TPSA) is 77.8 Å². The van der Waals surface area contributed by atoms with E-state index in [0.29, 0.717) is 27.9 Å². The van der Waals surface area contributed by atoms with Crippen LogP contribution >= 0.6 is 11.8 Å². The second-order valence-electron chi connectivity index (χ2n) is 5.89. The predicted molar refractivity (Wildman–Crippen MR) is 108 cm³/mol. The van der Waals surface area contributed by atoms with Crippen molar-refractivity contribution in [1.29, 1.82) is 0 Å². The number of nitrogens with zero attached hydrogens (tertiary/aromatic N) is 1. The molecule has 3 rings (SSSR count). The summed E-state index contributed by atoms with van der Waals surface area (Å²) in [6.07, 6.45) is 0. The second-order valence-corrected chi connectivity index (χ2v) is 6.88. The van der Waals surface area contributed by atoms with E-state index in [9.17, 15) is 4.79 Å². The van der Waals surface area contributed by atoms with Gasteiger partial charge in [0.25, 0.3) is 0 Å². The van der Waals surface area contributed by atoms with Crippen LogP contribution in [0.5, 0.6) is 5.75 Å². The fraction of sp³-hybridized carbons (Fsp3) is 0.200. The van der Waals surface area contributed by atoms with Crippen molar-refractivity contribution in [2.24, 2.45) is 10.7 Å². The van der Waals surface area contributed by atoms with Crippen LogP contribution in [0.2, 0.25) is 0 Å². The average Bonchev–Trinajstić information content (AvgIpc) is 2.63. The molecule has 2 aromatic carbocycles. The van der Waals surface area contributed by atoms with E-state index in [1.54, 1.807) is 7.11 Å². The molecule has 1 aromatic heterocycles. The van der Waals surface area contributed by atoms with E-state index in [-0.39, 0.29) is 5.63 Å². The van der Waals surface area contributed by atoms with Crippen LogP contribution in [-0.4, -0.2) is 12.3 Å². The van der Waals surface area contributed by atoms with Gasteiger partial charge in [-0.1, -0.05) is 36.0 Å². The number of amidine groups is 1. The molecule has 0 spiro atoms. The molecule has 6 heteroatoms. The van der Waals surface area contributed by atoms with E-state index in [4.69, 9.17) is 14.9 Å². The van der Waals surface area contributed by atoms with Crippen molar-refractivity contribution in [3.05, 3.63) is 69.6 Å². The standard InChI is InChI=1S/C20H20N2O3S/c1-12-8-9-15-14(10-18(23)25-19(15)13(12)2)11-26-20(21)22-16-6-4-5-7-17(16)24-3/h4-10H,11H2,1-3H3,(H2,21,22). The zero-order chi connectivity index (χ0) is 18.7. The number of hydrogen-bond donors (Lipinski definition) is 1. The van der Waals surface area contributed by atoms with Gasteiger partial charge in [-0.3, -0.25) is 0 Å². The van der Waals surface area contributed by atoms with Crippen molar-refractivity contribution in [3.8, 4) is 5.75 Å². The monoisotopic (exact) mass is 368 g/mol. The summed E-state index contributed by atoms with van der Waals surface area (Å²) in [5.74, 6) is 1.18. The third kappa shape index (κ3) is 3.75. The lowest BCUT2D eigenvalue weighted by molar-refractivity contribution is 0.416. The van der Waals surface area contributed by atoms with E-state index in [0.717, 1.165) is 22.1 Å². The highest BCUT2D eigenvalue weighted by Gasteiger charge is 2.10. The molecule has 0 aliphatic rings. The lowest BCUT2D eigenvalue weighted by atomic mass is 10.0. The Kier molecular flexibility index (Phi) is 5.32. The van der Waals surface area contributed by atoms with Crippen LogP contribution in [0.4, 0.5) is 5.69 Å². The van der Waals surface area contributed by atoms with Gasteiger partial charge in [0.1, 0.15) is 17.0 Å². The van der Waals surface area contributed by atoms with Crippen LogP contribution in [0.3, 0.4) is 0 Å². The molecule has 3 aromatic rings. The number of benzene rings is 2. The number of para-hydroxylation sites is 2. The number of fused-ring (bicyclic) bond motifs is 1. The number of thioether (sulfide) groups is 1. The van der Waals surface area contributed by atoms with Crippen molar-refractivity contribution in [2.45, 2.75) is 19.6 Å². The van der Waals surface area contributed by atoms with E-state index >= 15 is 0 Å². The third-order valence-corrected chi connectivity index (χ3v) is 5.05. The highest BCUT2D eigenvalue weighted by molar-refractivity contribution is 8.13. The molecule has 26 heavy (non-hydrogen) atoms. The van der Waals surface area contributed by atoms with Gasteiger partial charge < -0.3 is 14.9 Å². The summed E-state index contributed by atoms with van der Waals surface area (Å²) in [5.41, 5.74) is 9.95. The molecule has 0 radical (unpaired) electrons. The minimum absolute atomic E-state index is 0.359. The Bertz CT molecular complexity index is 1040. The minimum atomic E-state index is -0.359. The molecule has 5 nitrogen and oxygen atoms in total. The average molecular weight is 368 g/mol. The van der Waals surface area contributed by atoms with Gasteiger partial charge in [0, 0.05) is 17.2 Å². The first kappa shape index (κ1) is 18.1. The van der Waals surface area contributed by atoms with Gasteiger partial charge in [0.2, 0.25) is 0 Å². The smallest absolute Gasteiger partial charge is 0.336 e. The molecule has 0 aliphatic heterocycles. The van der Waals surface area contributed by atoms with Gasteiger partial charge in [-0.2, -0.15) is 0 Å². The Balaban J connectivity index is 1.89. The van der Waals surface area contributed by atoms with Crippen LogP contribution in [0, 0.1) is 13.8 Å². The molecule has 2 N–H and O–H groups in total. The van der Waals surface area contributed by atoms with Gasteiger partial charge in [-0.05, 0) is 42.7 Å². The number of ether oxygens (including phenoxy) is 1. The van der Waals surface area contributed by atoms with Gasteiger partial charge in [0.05, 0.1) is 7.11 Å². The molecule has 0 atom stereocenters. The van der Waals surface area contributed by atoms with E-state index in [2.05, 4.69) is 4.99 Å². The summed E-state index contributed by atoms with van der Waals surface area (Å²) in [7, 11) is 1.59. The zero-order valence-corrected chi connectivity index (χ0v) is 15.7. The highest BCUT2D eigenvalue weighted by Crippen LogP contribution is 2.29. The summed E-state index contributed by atoms with van der Waals surface area (Å²) < 4.78 is 10.7. The fourth-order valence-corrected chi connectivity index (χ4v) is 3.37. The van der Waals surface area contributed by atoms with Crippen LogP contribution in [0.15, 0.2) is 56.7 Å². The van der Waals surface area contributed by atoms with E-state index < -0.39 is 0 Å². The number of hydrogen-bond acceptors (Lipinski definition) is 5. The Morgan fingerprint density at radius 1 is 1.23 bits per heavy atom. The second kappa shape index (κ2) is 7.66. The Labute approximate surface area is 155 Å². The van der Waals surface area contributed by atoms with E-state index in [1.165, 1.54) is 17.8 Å². The number of nitrogens with two attached hydrogens (primary N) is 1. The zero-order valence-electron chi connectivity index (χ0n) is 14.9. The summed E-state index contributed by atoms with van der Waals surface area (Å²) in [6, 6.07) is 12.9. The fourth-order valence-electron chi connectivity index (χ4n) is 2.67. The molecule has 0 amide bonds. The molecule has 1 heterocycles. The van der Waals surface area contributed by atoms with Crippen LogP contribution in [0.1, 0.15) is 16.7 Å². The number of aryl methyl sites for hydroxylation is 2. The SMILES string of the molecule is COc1ccccc1N=C(N)SCc1cc(=O)oc2c(C)c(C)ccc12. The maximum Gasteiger partial charge on any atom is 0.336 e. The maximum absolute atomic E-state index is 11.9. The predicted octanol–water partition coefficient (Wildman–Crippen LogP) is 4.30. The summed E-state index contributed by atoms with van der Waals surface area (Å²) in [5, 5.41) is 1.32. The van der Waals surface area contributed by atoms with E-state index in [1.807, 2.05) is 50.2 Å². The molecule has 0 saturated heterocycles. The highest BCUT2D eigenvalue weighted by atomic mass is 32.2. The first-order valence-corrected chi connectivity index (χ1v) is 9.11.